The summed E-state index contributed by atoms with van der Waals surface area (Å²) in [6.07, 6.45) is 0.804. The molecule has 5 nitrogen and oxygen atoms in total. The summed E-state index contributed by atoms with van der Waals surface area (Å²) in [4.78, 5) is 14.0. The quantitative estimate of drug-likeness (QED) is 0.898. The van der Waals surface area contributed by atoms with Crippen LogP contribution in [-0.4, -0.2) is 32.3 Å². The predicted molar refractivity (Wildman–Crippen MR) is 92.6 cm³/mol. The van der Waals surface area contributed by atoms with Crippen LogP contribution in [0.15, 0.2) is 54.6 Å². The summed E-state index contributed by atoms with van der Waals surface area (Å²) in [6.45, 7) is 0.961. The standard InChI is InChI=1S/C18H20N2O3S/c21-18(20-11-10-16-8-4-5-9-17(16)13-20)12-19-24(22,23)14-15-6-2-1-3-7-15/h1-9,19H,10-14H2. The first-order valence-electron chi connectivity index (χ1n) is 7.89. The Kier molecular flexibility index (Phi) is 4.97. The van der Waals surface area contributed by atoms with E-state index >= 15 is 0 Å². The number of carbonyl (C=O) groups is 1. The molecule has 0 bridgehead atoms. The van der Waals surface area contributed by atoms with Crippen LogP contribution >= 0.6 is 0 Å². The van der Waals surface area contributed by atoms with Crippen molar-refractivity contribution < 1.29 is 13.2 Å². The zero-order valence-electron chi connectivity index (χ0n) is 13.3. The molecular formula is C18H20N2O3S. The zero-order chi connectivity index (χ0) is 17.0. The largest absolute Gasteiger partial charge is 0.337 e. The fourth-order valence-electron chi connectivity index (χ4n) is 2.84. The zero-order valence-corrected chi connectivity index (χ0v) is 14.1. The predicted octanol–water partition coefficient (Wildman–Crippen LogP) is 1.69. The Morgan fingerprint density at radius 3 is 2.42 bits per heavy atom. The van der Waals surface area contributed by atoms with E-state index in [1.54, 1.807) is 29.2 Å². The van der Waals surface area contributed by atoms with Crippen molar-refractivity contribution in [3.05, 3.63) is 71.3 Å². The maximum Gasteiger partial charge on any atom is 0.237 e. The number of sulfonamides is 1. The lowest BCUT2D eigenvalue weighted by atomic mass is 10.00. The fraction of sp³-hybridized carbons (Fsp3) is 0.278. The molecule has 0 unspecified atom stereocenters. The van der Waals surface area contributed by atoms with E-state index in [0.717, 1.165) is 12.0 Å². The second-order valence-electron chi connectivity index (χ2n) is 5.90. The van der Waals surface area contributed by atoms with E-state index in [0.29, 0.717) is 18.7 Å². The van der Waals surface area contributed by atoms with Gasteiger partial charge in [-0.05, 0) is 23.1 Å². The summed E-state index contributed by atoms with van der Waals surface area (Å²) in [5.41, 5.74) is 3.08. The molecule has 1 aliphatic rings. The molecule has 0 saturated carbocycles. The average Bonchev–Trinajstić information content (AvgIpc) is 2.60. The maximum absolute atomic E-state index is 12.3. The topological polar surface area (TPSA) is 66.5 Å². The van der Waals surface area contributed by atoms with Crippen LogP contribution in [0, 0.1) is 0 Å². The highest BCUT2D eigenvalue weighted by Gasteiger charge is 2.21. The molecule has 0 aliphatic carbocycles. The Bertz CT molecular complexity index is 819. The number of carbonyl (C=O) groups excluding carboxylic acids is 1. The SMILES string of the molecule is O=C(CNS(=O)(=O)Cc1ccccc1)N1CCc2ccccc2C1. The van der Waals surface area contributed by atoms with Crippen LogP contribution in [0.2, 0.25) is 0 Å². The molecule has 0 fully saturated rings. The van der Waals surface area contributed by atoms with Crippen LogP contribution in [0.3, 0.4) is 0 Å². The summed E-state index contributed by atoms with van der Waals surface area (Å²) in [6, 6.07) is 17.0. The highest BCUT2D eigenvalue weighted by molar-refractivity contribution is 7.88. The van der Waals surface area contributed by atoms with Crippen molar-refractivity contribution in [1.82, 2.24) is 9.62 Å². The Hall–Kier alpha value is -2.18. The van der Waals surface area contributed by atoms with E-state index in [-0.39, 0.29) is 18.2 Å². The van der Waals surface area contributed by atoms with Gasteiger partial charge in [0.25, 0.3) is 0 Å². The third-order valence-corrected chi connectivity index (χ3v) is 5.42. The monoisotopic (exact) mass is 344 g/mol. The van der Waals surface area contributed by atoms with Crippen molar-refractivity contribution in [2.75, 3.05) is 13.1 Å². The number of hydrogen-bond donors (Lipinski definition) is 1. The Labute approximate surface area is 142 Å². The van der Waals surface area contributed by atoms with Crippen LogP contribution in [0.5, 0.6) is 0 Å². The summed E-state index contributed by atoms with van der Waals surface area (Å²) in [5, 5.41) is 0. The van der Waals surface area contributed by atoms with E-state index in [2.05, 4.69) is 10.8 Å². The first-order valence-corrected chi connectivity index (χ1v) is 9.54. The molecule has 0 aromatic heterocycles. The van der Waals surface area contributed by atoms with Gasteiger partial charge in [0.05, 0.1) is 12.3 Å². The minimum Gasteiger partial charge on any atom is -0.337 e. The second kappa shape index (κ2) is 7.15. The first kappa shape index (κ1) is 16.7. The van der Waals surface area contributed by atoms with E-state index < -0.39 is 10.0 Å². The molecule has 0 spiro atoms. The summed E-state index contributed by atoms with van der Waals surface area (Å²) in [5.74, 6) is -0.314. The molecule has 3 rings (SSSR count). The van der Waals surface area contributed by atoms with E-state index in [1.165, 1.54) is 5.56 Å². The second-order valence-corrected chi connectivity index (χ2v) is 7.71. The third kappa shape index (κ3) is 4.21. The minimum atomic E-state index is -3.53. The molecular weight excluding hydrogens is 324 g/mol. The number of rotatable bonds is 5. The number of fused-ring (bicyclic) bond motifs is 1. The highest BCUT2D eigenvalue weighted by atomic mass is 32.2. The summed E-state index contributed by atoms with van der Waals surface area (Å²) in [7, 11) is -3.53. The maximum atomic E-state index is 12.3. The van der Waals surface area contributed by atoms with Crippen LogP contribution in [-0.2, 0) is 33.5 Å². The van der Waals surface area contributed by atoms with Crippen molar-refractivity contribution in [1.29, 1.82) is 0 Å². The Balaban J connectivity index is 1.56. The number of hydrogen-bond acceptors (Lipinski definition) is 3. The molecule has 0 atom stereocenters. The van der Waals surface area contributed by atoms with Gasteiger partial charge in [0.15, 0.2) is 0 Å². The number of benzene rings is 2. The first-order chi connectivity index (χ1) is 11.5. The molecule has 24 heavy (non-hydrogen) atoms. The van der Waals surface area contributed by atoms with Gasteiger partial charge in [-0.1, -0.05) is 54.6 Å². The lowest BCUT2D eigenvalue weighted by Gasteiger charge is -2.29. The summed E-state index contributed by atoms with van der Waals surface area (Å²) < 4.78 is 26.6. The molecule has 1 amide bonds. The molecule has 1 aliphatic heterocycles. The minimum absolute atomic E-state index is 0.121. The van der Waals surface area contributed by atoms with Gasteiger partial charge >= 0.3 is 0 Å². The lowest BCUT2D eigenvalue weighted by Crippen LogP contribution is -2.42. The highest BCUT2D eigenvalue weighted by Crippen LogP contribution is 2.18. The molecule has 2 aromatic rings. The Morgan fingerprint density at radius 2 is 1.67 bits per heavy atom. The van der Waals surface area contributed by atoms with Crippen molar-refractivity contribution in [2.24, 2.45) is 0 Å². The smallest absolute Gasteiger partial charge is 0.237 e. The molecule has 0 saturated heterocycles. The molecule has 1 heterocycles. The molecule has 2 aromatic carbocycles. The van der Waals surface area contributed by atoms with E-state index in [1.807, 2.05) is 24.3 Å². The average molecular weight is 344 g/mol. The van der Waals surface area contributed by atoms with Gasteiger partial charge < -0.3 is 4.90 Å². The van der Waals surface area contributed by atoms with Gasteiger partial charge in [-0.3, -0.25) is 4.79 Å². The van der Waals surface area contributed by atoms with Crippen LogP contribution in [0.1, 0.15) is 16.7 Å². The lowest BCUT2D eigenvalue weighted by molar-refractivity contribution is -0.130. The normalized spacial score (nSPS) is 14.2. The van der Waals surface area contributed by atoms with Crippen molar-refractivity contribution in [3.63, 3.8) is 0 Å². The van der Waals surface area contributed by atoms with Crippen molar-refractivity contribution in [2.45, 2.75) is 18.7 Å². The van der Waals surface area contributed by atoms with Gasteiger partial charge in [-0.15, -0.1) is 0 Å². The number of amides is 1. The van der Waals surface area contributed by atoms with Gasteiger partial charge in [-0.2, -0.15) is 0 Å². The Morgan fingerprint density at radius 1 is 1.00 bits per heavy atom. The van der Waals surface area contributed by atoms with Crippen LogP contribution in [0.4, 0.5) is 0 Å². The van der Waals surface area contributed by atoms with Gasteiger partial charge in [0.1, 0.15) is 0 Å². The van der Waals surface area contributed by atoms with Gasteiger partial charge in [0.2, 0.25) is 15.9 Å². The van der Waals surface area contributed by atoms with E-state index in [9.17, 15) is 13.2 Å². The molecule has 6 heteroatoms. The van der Waals surface area contributed by atoms with Gasteiger partial charge in [0, 0.05) is 13.1 Å². The number of nitrogens with zero attached hydrogens (tertiary/aromatic N) is 1. The molecule has 126 valence electrons. The van der Waals surface area contributed by atoms with Crippen LogP contribution in [0.25, 0.3) is 0 Å². The van der Waals surface area contributed by atoms with Gasteiger partial charge in [-0.25, -0.2) is 13.1 Å². The molecule has 1 N–H and O–H groups in total. The van der Waals surface area contributed by atoms with E-state index in [4.69, 9.17) is 0 Å². The van der Waals surface area contributed by atoms with Crippen molar-refractivity contribution in [3.8, 4) is 0 Å². The number of nitrogens with one attached hydrogen (secondary N) is 1. The van der Waals surface area contributed by atoms with Crippen LogP contribution < -0.4 is 4.72 Å². The third-order valence-electron chi connectivity index (χ3n) is 4.13. The fourth-order valence-corrected chi connectivity index (χ4v) is 3.91. The van der Waals surface area contributed by atoms with Crippen molar-refractivity contribution >= 4 is 15.9 Å². The molecule has 0 radical (unpaired) electrons. The summed E-state index contributed by atoms with van der Waals surface area (Å²) >= 11 is 0.